The van der Waals surface area contributed by atoms with Gasteiger partial charge in [-0.2, -0.15) is 17.6 Å². The number of ether oxygens (including phenoxy) is 1. The Kier molecular flexibility index (Phi) is 9.41. The summed E-state index contributed by atoms with van der Waals surface area (Å²) in [5.74, 6) is -2.84. The van der Waals surface area contributed by atoms with Crippen molar-refractivity contribution in [1.29, 1.82) is 0 Å². The van der Waals surface area contributed by atoms with Crippen molar-refractivity contribution in [3.63, 3.8) is 0 Å². The summed E-state index contributed by atoms with van der Waals surface area (Å²) in [4.78, 5) is 7.93. The fourth-order valence-corrected chi connectivity index (χ4v) is 3.25. The van der Waals surface area contributed by atoms with Gasteiger partial charge in [-0.3, -0.25) is 0 Å². The number of sulfonamides is 1. The molecule has 3 aromatic rings. The van der Waals surface area contributed by atoms with Gasteiger partial charge in [0.25, 0.3) is 11.8 Å². The van der Waals surface area contributed by atoms with Gasteiger partial charge in [0.1, 0.15) is 11.6 Å². The summed E-state index contributed by atoms with van der Waals surface area (Å²) in [5, 5.41) is 9.38. The topological polar surface area (TPSA) is 132 Å². The molecule has 0 spiro atoms. The van der Waals surface area contributed by atoms with E-state index in [4.69, 9.17) is 4.42 Å². The average molecular weight is 524 g/mol. The van der Waals surface area contributed by atoms with E-state index in [1.807, 2.05) is 0 Å². The van der Waals surface area contributed by atoms with Crippen molar-refractivity contribution in [2.24, 2.45) is 0 Å². The van der Waals surface area contributed by atoms with Crippen molar-refractivity contribution in [2.45, 2.75) is 33.4 Å². The first-order valence-corrected chi connectivity index (χ1v) is 11.1. The Morgan fingerprint density at radius 1 is 1.11 bits per heavy atom. The average Bonchev–Trinajstić information content (AvgIpc) is 3.28. The van der Waals surface area contributed by atoms with Crippen LogP contribution in [0.25, 0.3) is 11.5 Å². The predicted octanol–water partition coefficient (Wildman–Crippen LogP) is 3.93. The van der Waals surface area contributed by atoms with Crippen molar-refractivity contribution in [2.75, 3.05) is 17.6 Å². The van der Waals surface area contributed by atoms with Crippen molar-refractivity contribution in [3.05, 3.63) is 47.9 Å². The Hall–Kier alpha value is -3.40. The van der Waals surface area contributed by atoms with Crippen LogP contribution in [-0.2, 0) is 10.0 Å². The molecular weight excluding hydrogens is 503 g/mol. The lowest BCUT2D eigenvalue weighted by molar-refractivity contribution is -0.0500. The smallest absolute Gasteiger partial charge is 0.387 e. The number of aromatic nitrogens is 4. The summed E-state index contributed by atoms with van der Waals surface area (Å²) >= 11 is 0. The predicted molar refractivity (Wildman–Crippen MR) is 114 cm³/mol. The minimum absolute atomic E-state index is 0. The Morgan fingerprint density at radius 2 is 1.80 bits per heavy atom. The van der Waals surface area contributed by atoms with Crippen LogP contribution in [0, 0.1) is 5.82 Å². The summed E-state index contributed by atoms with van der Waals surface area (Å²) in [6.07, 6.45) is -0.620. The SMILES string of the molecule is C.CCS(=O)(=O)NCC(Nc1ncc(-c2nnc(C(F)F)o2)cn1)c1ccc(OC(F)F)cc1F. The molecule has 16 heteroatoms. The maximum Gasteiger partial charge on any atom is 0.387 e. The first kappa shape index (κ1) is 27.8. The number of nitrogens with one attached hydrogen (secondary N) is 2. The largest absolute Gasteiger partial charge is 0.435 e. The van der Waals surface area contributed by atoms with E-state index in [9.17, 15) is 30.4 Å². The van der Waals surface area contributed by atoms with E-state index in [0.29, 0.717) is 0 Å². The highest BCUT2D eigenvalue weighted by Crippen LogP contribution is 2.26. The molecule has 0 amide bonds. The zero-order valence-electron chi connectivity index (χ0n) is 17.3. The van der Waals surface area contributed by atoms with Crippen LogP contribution in [0.5, 0.6) is 5.75 Å². The summed E-state index contributed by atoms with van der Waals surface area (Å²) in [5.41, 5.74) is 0.0273. The molecule has 0 radical (unpaired) electrons. The highest BCUT2D eigenvalue weighted by atomic mass is 32.2. The van der Waals surface area contributed by atoms with Crippen molar-refractivity contribution >= 4 is 16.0 Å². The molecule has 35 heavy (non-hydrogen) atoms. The van der Waals surface area contributed by atoms with Gasteiger partial charge < -0.3 is 14.5 Å². The van der Waals surface area contributed by atoms with Crippen LogP contribution in [0.3, 0.4) is 0 Å². The van der Waals surface area contributed by atoms with Crippen molar-refractivity contribution in [1.82, 2.24) is 24.9 Å². The molecule has 0 saturated carbocycles. The number of alkyl halides is 4. The molecule has 2 N–H and O–H groups in total. The second kappa shape index (κ2) is 11.8. The van der Waals surface area contributed by atoms with Crippen LogP contribution < -0.4 is 14.8 Å². The highest BCUT2D eigenvalue weighted by Gasteiger charge is 2.22. The number of nitrogens with zero attached hydrogens (tertiary/aromatic N) is 4. The van der Waals surface area contributed by atoms with Gasteiger partial charge in [-0.25, -0.2) is 27.5 Å². The molecule has 0 saturated heterocycles. The molecule has 0 aliphatic rings. The fraction of sp³-hybridized carbons (Fsp3) is 0.368. The van der Waals surface area contributed by atoms with Gasteiger partial charge in [-0.05, 0) is 13.0 Å². The van der Waals surface area contributed by atoms with Crippen LogP contribution in [0.4, 0.5) is 27.9 Å². The third kappa shape index (κ3) is 7.54. The minimum atomic E-state index is -3.67. The Morgan fingerprint density at radius 3 is 2.34 bits per heavy atom. The van der Waals surface area contributed by atoms with Crippen molar-refractivity contribution < 1.29 is 39.5 Å². The van der Waals surface area contributed by atoms with E-state index in [2.05, 4.69) is 34.9 Å². The van der Waals surface area contributed by atoms with E-state index >= 15 is 0 Å². The first-order chi connectivity index (χ1) is 16.1. The summed E-state index contributed by atoms with van der Waals surface area (Å²) in [7, 11) is -3.67. The molecule has 0 aliphatic heterocycles. The summed E-state index contributed by atoms with van der Waals surface area (Å²) in [6, 6.07) is 1.89. The van der Waals surface area contributed by atoms with E-state index in [-0.39, 0.29) is 42.7 Å². The molecule has 1 aromatic carbocycles. The van der Waals surface area contributed by atoms with Crippen LogP contribution in [0.2, 0.25) is 0 Å². The van der Waals surface area contributed by atoms with Gasteiger partial charge in [-0.1, -0.05) is 13.5 Å². The molecule has 0 aliphatic carbocycles. The summed E-state index contributed by atoms with van der Waals surface area (Å²) < 4.78 is 99.6. The molecule has 3 rings (SSSR count). The number of anilines is 1. The lowest BCUT2D eigenvalue weighted by atomic mass is 10.1. The summed E-state index contributed by atoms with van der Waals surface area (Å²) in [6.45, 7) is -2.09. The first-order valence-electron chi connectivity index (χ1n) is 9.50. The molecule has 10 nitrogen and oxygen atoms in total. The van der Waals surface area contributed by atoms with Gasteiger partial charge >= 0.3 is 13.0 Å². The maximum absolute atomic E-state index is 14.6. The standard InChI is InChI=1S/C18H17F5N6O4S.CH4/c1-2-34(30,31)26-8-13(11-4-3-10(5-12(11)19)32-17(22)23)27-18-24-6-9(7-25-18)15-28-29-16(33-15)14(20)21;/h3-7,13-14,17,26H,2,8H2,1H3,(H,24,25,27);1H4. The third-order valence-electron chi connectivity index (χ3n) is 4.29. The lowest BCUT2D eigenvalue weighted by Crippen LogP contribution is -2.33. The Labute approximate surface area is 197 Å². The van der Waals surface area contributed by atoms with E-state index < -0.39 is 46.6 Å². The van der Waals surface area contributed by atoms with Crippen LogP contribution >= 0.6 is 0 Å². The van der Waals surface area contributed by atoms with Gasteiger partial charge in [-0.15, -0.1) is 10.2 Å². The van der Waals surface area contributed by atoms with E-state index in [1.165, 1.54) is 19.3 Å². The molecule has 0 bridgehead atoms. The van der Waals surface area contributed by atoms with Crippen LogP contribution in [-0.4, -0.2) is 47.5 Å². The second-order valence-corrected chi connectivity index (χ2v) is 8.65. The number of hydrogen-bond donors (Lipinski definition) is 2. The van der Waals surface area contributed by atoms with Crippen LogP contribution in [0.15, 0.2) is 35.0 Å². The molecule has 0 fully saturated rings. The number of rotatable bonds is 11. The number of hydrogen-bond acceptors (Lipinski definition) is 9. The normalized spacial score (nSPS) is 12.5. The third-order valence-corrected chi connectivity index (χ3v) is 5.66. The Balaban J connectivity index is 0.00000432. The van der Waals surface area contributed by atoms with E-state index in [1.54, 1.807) is 0 Å². The molecule has 192 valence electrons. The zero-order valence-corrected chi connectivity index (χ0v) is 18.1. The molecular formula is C19H21F5N6O4S. The quantitative estimate of drug-likeness (QED) is 0.358. The van der Waals surface area contributed by atoms with Gasteiger partial charge in [0.15, 0.2) is 0 Å². The second-order valence-electron chi connectivity index (χ2n) is 6.55. The molecule has 1 atom stereocenters. The molecule has 2 aromatic heterocycles. The highest BCUT2D eigenvalue weighted by molar-refractivity contribution is 7.89. The van der Waals surface area contributed by atoms with Gasteiger partial charge in [0.05, 0.1) is 17.4 Å². The maximum atomic E-state index is 14.6. The molecule has 2 heterocycles. The number of halogens is 5. The molecule has 1 unspecified atom stereocenters. The monoisotopic (exact) mass is 524 g/mol. The Bertz CT molecular complexity index is 1210. The van der Waals surface area contributed by atoms with Crippen LogP contribution in [0.1, 0.15) is 38.3 Å². The van der Waals surface area contributed by atoms with Gasteiger partial charge in [0, 0.05) is 30.6 Å². The lowest BCUT2D eigenvalue weighted by Gasteiger charge is -2.20. The zero-order chi connectivity index (χ0) is 24.9. The van der Waals surface area contributed by atoms with E-state index in [0.717, 1.165) is 18.2 Å². The minimum Gasteiger partial charge on any atom is -0.435 e. The fourth-order valence-electron chi connectivity index (χ4n) is 2.63. The van der Waals surface area contributed by atoms with Crippen molar-refractivity contribution in [3.8, 4) is 17.2 Å². The van der Waals surface area contributed by atoms with Gasteiger partial charge in [0.2, 0.25) is 16.0 Å². The number of benzene rings is 1.